The lowest BCUT2D eigenvalue weighted by Gasteiger charge is -2.34. The molecule has 0 spiro atoms. The number of anilines is 1. The molecule has 1 aliphatic rings. The summed E-state index contributed by atoms with van der Waals surface area (Å²) in [7, 11) is 0. The van der Waals surface area contributed by atoms with Crippen LogP contribution in [0, 0.1) is 5.82 Å². The molecule has 0 saturated carbocycles. The summed E-state index contributed by atoms with van der Waals surface area (Å²) in [4.78, 5) is 28.5. The van der Waals surface area contributed by atoms with Crippen molar-refractivity contribution in [2.24, 2.45) is 0 Å². The molecule has 1 aliphatic heterocycles. The Balaban J connectivity index is 1.42. The van der Waals surface area contributed by atoms with E-state index >= 15 is 0 Å². The minimum absolute atomic E-state index is 0.00448. The van der Waals surface area contributed by atoms with Crippen LogP contribution in [0.15, 0.2) is 48.5 Å². The van der Waals surface area contributed by atoms with Crippen LogP contribution in [0.5, 0.6) is 0 Å². The Bertz CT molecular complexity index is 805. The van der Waals surface area contributed by atoms with E-state index in [-0.39, 0.29) is 17.6 Å². The Hall–Kier alpha value is -2.44. The maximum atomic E-state index is 13.1. The van der Waals surface area contributed by atoms with Crippen molar-refractivity contribution >= 4 is 29.1 Å². The normalized spacial score (nSPS) is 14.8. The van der Waals surface area contributed by atoms with Gasteiger partial charge in [-0.2, -0.15) is 0 Å². The summed E-state index contributed by atoms with van der Waals surface area (Å²) in [5.41, 5.74) is 1.08. The molecule has 1 fully saturated rings. The molecule has 0 bridgehead atoms. The van der Waals surface area contributed by atoms with E-state index in [0.717, 1.165) is 0 Å². The summed E-state index contributed by atoms with van der Waals surface area (Å²) >= 11 is 5.86. The van der Waals surface area contributed by atoms with Gasteiger partial charge in [-0.3, -0.25) is 14.5 Å². The number of piperazine rings is 1. The Morgan fingerprint density at radius 3 is 2.41 bits per heavy atom. The molecule has 7 heteroatoms. The number of nitrogens with one attached hydrogen (secondary N) is 1. The van der Waals surface area contributed by atoms with Gasteiger partial charge in [0.15, 0.2) is 0 Å². The zero-order chi connectivity index (χ0) is 19.2. The molecule has 2 amide bonds. The molecule has 142 valence electrons. The maximum absolute atomic E-state index is 13.1. The molecule has 0 aliphatic carbocycles. The lowest BCUT2D eigenvalue weighted by Crippen LogP contribution is -2.49. The minimum Gasteiger partial charge on any atom is -0.336 e. The van der Waals surface area contributed by atoms with Gasteiger partial charge in [0, 0.05) is 55.4 Å². The number of hydrogen-bond acceptors (Lipinski definition) is 3. The molecule has 3 rings (SSSR count). The van der Waals surface area contributed by atoms with Gasteiger partial charge in [-0.05, 0) is 42.5 Å². The summed E-state index contributed by atoms with van der Waals surface area (Å²) in [6, 6.07) is 12.7. The molecule has 0 aromatic heterocycles. The number of nitrogens with zero attached hydrogens (tertiary/aromatic N) is 2. The first-order valence-electron chi connectivity index (χ1n) is 8.84. The van der Waals surface area contributed by atoms with Crippen molar-refractivity contribution in [1.82, 2.24) is 9.80 Å². The van der Waals surface area contributed by atoms with E-state index in [1.165, 1.54) is 12.1 Å². The Kier molecular flexibility index (Phi) is 6.42. The van der Waals surface area contributed by atoms with Crippen molar-refractivity contribution in [2.45, 2.75) is 6.42 Å². The highest BCUT2D eigenvalue weighted by Crippen LogP contribution is 2.14. The second-order valence-corrected chi connectivity index (χ2v) is 6.89. The van der Waals surface area contributed by atoms with Crippen LogP contribution in [0.2, 0.25) is 5.02 Å². The molecule has 1 heterocycles. The summed E-state index contributed by atoms with van der Waals surface area (Å²) < 4.78 is 13.1. The van der Waals surface area contributed by atoms with Crippen molar-refractivity contribution in [2.75, 3.05) is 38.0 Å². The average Bonchev–Trinajstić information content (AvgIpc) is 2.67. The number of hydrogen-bond donors (Lipinski definition) is 1. The number of amides is 2. The predicted molar refractivity (Wildman–Crippen MR) is 103 cm³/mol. The molecular formula is C20H21ClFN3O2. The number of rotatable bonds is 5. The summed E-state index contributed by atoms with van der Waals surface area (Å²) in [6.45, 7) is 3.27. The first-order chi connectivity index (χ1) is 13.0. The Morgan fingerprint density at radius 2 is 1.74 bits per heavy atom. The smallest absolute Gasteiger partial charge is 0.253 e. The molecule has 1 saturated heterocycles. The predicted octanol–water partition coefficient (Wildman–Crippen LogP) is 3.27. The molecule has 5 nitrogen and oxygen atoms in total. The molecule has 0 unspecified atom stereocenters. The first-order valence-corrected chi connectivity index (χ1v) is 9.22. The maximum Gasteiger partial charge on any atom is 0.253 e. The van der Waals surface area contributed by atoms with Crippen LogP contribution in [0.3, 0.4) is 0 Å². The van der Waals surface area contributed by atoms with Crippen LogP contribution in [0.25, 0.3) is 0 Å². The standard InChI is InChI=1S/C20H21ClFN3O2/c21-16-6-4-15(5-7-16)20(27)25-12-10-24(11-13-25)9-8-19(26)23-18-3-1-2-17(22)14-18/h1-7,14H,8-13H2,(H,23,26). The SMILES string of the molecule is O=C(CCN1CCN(C(=O)c2ccc(Cl)cc2)CC1)Nc1cccc(F)c1. The highest BCUT2D eigenvalue weighted by Gasteiger charge is 2.22. The largest absolute Gasteiger partial charge is 0.336 e. The fourth-order valence-electron chi connectivity index (χ4n) is 3.00. The molecule has 1 N–H and O–H groups in total. The monoisotopic (exact) mass is 389 g/mol. The fraction of sp³-hybridized carbons (Fsp3) is 0.300. The van der Waals surface area contributed by atoms with Crippen molar-refractivity contribution < 1.29 is 14.0 Å². The van der Waals surface area contributed by atoms with Crippen molar-refractivity contribution in [3.63, 3.8) is 0 Å². The van der Waals surface area contributed by atoms with Crippen LogP contribution in [-0.4, -0.2) is 54.3 Å². The van der Waals surface area contributed by atoms with Gasteiger partial charge in [0.25, 0.3) is 5.91 Å². The second-order valence-electron chi connectivity index (χ2n) is 6.45. The van der Waals surface area contributed by atoms with Gasteiger partial charge >= 0.3 is 0 Å². The lowest BCUT2D eigenvalue weighted by atomic mass is 10.2. The van der Waals surface area contributed by atoms with Crippen molar-refractivity contribution in [1.29, 1.82) is 0 Å². The number of carbonyl (C=O) groups is 2. The minimum atomic E-state index is -0.380. The van der Waals surface area contributed by atoms with Gasteiger partial charge in [0.2, 0.25) is 5.91 Å². The zero-order valence-corrected chi connectivity index (χ0v) is 15.6. The van der Waals surface area contributed by atoms with Gasteiger partial charge in [-0.1, -0.05) is 17.7 Å². The summed E-state index contributed by atoms with van der Waals surface area (Å²) in [5, 5.41) is 3.30. The summed E-state index contributed by atoms with van der Waals surface area (Å²) in [6.07, 6.45) is 0.321. The fourth-order valence-corrected chi connectivity index (χ4v) is 3.12. The Morgan fingerprint density at radius 1 is 1.04 bits per heavy atom. The van der Waals surface area contributed by atoms with Gasteiger partial charge in [0.1, 0.15) is 5.82 Å². The molecule has 2 aromatic carbocycles. The van der Waals surface area contributed by atoms with Crippen LogP contribution in [0.4, 0.5) is 10.1 Å². The first kappa shape index (κ1) is 19.3. The van der Waals surface area contributed by atoms with Gasteiger partial charge < -0.3 is 10.2 Å². The molecule has 2 aromatic rings. The van der Waals surface area contributed by atoms with E-state index in [9.17, 15) is 14.0 Å². The number of halogens is 2. The van der Waals surface area contributed by atoms with Gasteiger partial charge in [0.05, 0.1) is 0 Å². The summed E-state index contributed by atoms with van der Waals surface area (Å²) in [5.74, 6) is -0.537. The van der Waals surface area contributed by atoms with E-state index in [2.05, 4.69) is 10.2 Å². The number of carbonyl (C=O) groups excluding carboxylic acids is 2. The lowest BCUT2D eigenvalue weighted by molar-refractivity contribution is -0.116. The quantitative estimate of drug-likeness (QED) is 0.853. The number of benzene rings is 2. The van der Waals surface area contributed by atoms with Gasteiger partial charge in [-0.25, -0.2) is 4.39 Å². The van der Waals surface area contributed by atoms with Crippen LogP contribution in [0.1, 0.15) is 16.8 Å². The van der Waals surface area contributed by atoms with E-state index in [4.69, 9.17) is 11.6 Å². The molecule has 0 radical (unpaired) electrons. The highest BCUT2D eigenvalue weighted by molar-refractivity contribution is 6.30. The van der Waals surface area contributed by atoms with E-state index in [1.54, 1.807) is 36.4 Å². The van der Waals surface area contributed by atoms with E-state index in [0.29, 0.717) is 55.4 Å². The van der Waals surface area contributed by atoms with Crippen molar-refractivity contribution in [3.8, 4) is 0 Å². The van der Waals surface area contributed by atoms with Gasteiger partial charge in [-0.15, -0.1) is 0 Å². The topological polar surface area (TPSA) is 52.7 Å². The highest BCUT2D eigenvalue weighted by atomic mass is 35.5. The van der Waals surface area contributed by atoms with Crippen LogP contribution in [-0.2, 0) is 4.79 Å². The van der Waals surface area contributed by atoms with Crippen LogP contribution < -0.4 is 5.32 Å². The third-order valence-corrected chi connectivity index (χ3v) is 4.77. The van der Waals surface area contributed by atoms with Crippen molar-refractivity contribution in [3.05, 3.63) is 64.9 Å². The van der Waals surface area contributed by atoms with E-state index in [1.807, 2.05) is 4.90 Å². The Labute approximate surface area is 162 Å². The van der Waals surface area contributed by atoms with E-state index < -0.39 is 0 Å². The molecule has 0 atom stereocenters. The molecular weight excluding hydrogens is 369 g/mol. The third kappa shape index (κ3) is 5.52. The third-order valence-electron chi connectivity index (χ3n) is 4.51. The zero-order valence-electron chi connectivity index (χ0n) is 14.8. The average molecular weight is 390 g/mol. The molecule has 27 heavy (non-hydrogen) atoms. The second kappa shape index (κ2) is 8.97. The van der Waals surface area contributed by atoms with Crippen LogP contribution >= 0.6 is 11.6 Å².